The van der Waals surface area contributed by atoms with Crippen molar-refractivity contribution in [2.45, 2.75) is 18.9 Å². The monoisotopic (exact) mass is 375 g/mol. The van der Waals surface area contributed by atoms with Gasteiger partial charge in [0.15, 0.2) is 5.58 Å². The Morgan fingerprint density at radius 2 is 1.93 bits per heavy atom. The maximum atomic E-state index is 12.8. The van der Waals surface area contributed by atoms with E-state index in [4.69, 9.17) is 9.40 Å². The third kappa shape index (κ3) is 3.02. The first kappa shape index (κ1) is 16.2. The van der Waals surface area contributed by atoms with Crippen LogP contribution in [0.25, 0.3) is 27.4 Å². The molecule has 2 aromatic carbocycles. The van der Waals surface area contributed by atoms with Gasteiger partial charge in [0.05, 0.1) is 16.3 Å². The van der Waals surface area contributed by atoms with Gasteiger partial charge in [-0.15, -0.1) is 11.3 Å². The predicted octanol–water partition coefficient (Wildman–Crippen LogP) is 4.81. The summed E-state index contributed by atoms with van der Waals surface area (Å²) in [5.41, 5.74) is 2.51. The van der Waals surface area contributed by atoms with Gasteiger partial charge in [0.2, 0.25) is 11.8 Å². The smallest absolute Gasteiger partial charge is 0.247 e. The first-order chi connectivity index (χ1) is 13.3. The fraction of sp³-hybridized carbons (Fsp3) is 0.190. The molecule has 1 aliphatic heterocycles. The fourth-order valence-corrected chi connectivity index (χ4v) is 4.63. The molecule has 0 N–H and O–H groups in total. The molecule has 3 heterocycles. The summed E-state index contributed by atoms with van der Waals surface area (Å²) >= 11 is 1.67. The molecular weight excluding hydrogens is 358 g/mol. The van der Waals surface area contributed by atoms with Crippen molar-refractivity contribution in [2.75, 3.05) is 6.54 Å². The second-order valence-electron chi connectivity index (χ2n) is 6.56. The first-order valence-corrected chi connectivity index (χ1v) is 9.79. The van der Waals surface area contributed by atoms with Gasteiger partial charge in [-0.2, -0.15) is 0 Å². The minimum Gasteiger partial charge on any atom is -0.437 e. The van der Waals surface area contributed by atoms with Gasteiger partial charge >= 0.3 is 0 Å². The topological polar surface area (TPSA) is 59.2 Å². The molecule has 27 heavy (non-hydrogen) atoms. The van der Waals surface area contributed by atoms with Crippen LogP contribution in [-0.4, -0.2) is 27.3 Å². The van der Waals surface area contributed by atoms with E-state index in [1.54, 1.807) is 23.5 Å². The van der Waals surface area contributed by atoms with Crippen molar-refractivity contribution in [1.29, 1.82) is 0 Å². The van der Waals surface area contributed by atoms with Crippen LogP contribution in [0.5, 0.6) is 0 Å². The highest BCUT2D eigenvalue weighted by atomic mass is 32.1. The van der Waals surface area contributed by atoms with Gasteiger partial charge in [0, 0.05) is 18.7 Å². The van der Waals surface area contributed by atoms with E-state index in [-0.39, 0.29) is 11.9 Å². The van der Waals surface area contributed by atoms with Crippen molar-refractivity contribution < 1.29 is 9.21 Å². The number of amides is 1. The van der Waals surface area contributed by atoms with Crippen molar-refractivity contribution in [3.05, 3.63) is 65.5 Å². The lowest BCUT2D eigenvalue weighted by Gasteiger charge is -2.21. The third-order valence-corrected chi connectivity index (χ3v) is 5.95. The van der Waals surface area contributed by atoms with Crippen LogP contribution in [0, 0.1) is 0 Å². The highest BCUT2D eigenvalue weighted by Gasteiger charge is 2.31. The quantitative estimate of drug-likeness (QED) is 0.482. The van der Waals surface area contributed by atoms with Crippen LogP contribution in [0.4, 0.5) is 0 Å². The number of para-hydroxylation sites is 3. The Morgan fingerprint density at radius 1 is 1.11 bits per heavy atom. The number of carbonyl (C=O) groups excluding carboxylic acids is 1. The van der Waals surface area contributed by atoms with Gasteiger partial charge in [-0.05, 0) is 37.1 Å². The Labute approximate surface area is 160 Å². The summed E-state index contributed by atoms with van der Waals surface area (Å²) in [6.45, 7) is 0.747. The molecule has 1 atom stereocenters. The summed E-state index contributed by atoms with van der Waals surface area (Å²) < 4.78 is 6.81. The van der Waals surface area contributed by atoms with Gasteiger partial charge in [0.1, 0.15) is 10.5 Å². The molecule has 1 aliphatic rings. The fourth-order valence-electron chi connectivity index (χ4n) is 3.52. The number of hydrogen-bond acceptors (Lipinski definition) is 5. The van der Waals surface area contributed by atoms with Gasteiger partial charge in [-0.25, -0.2) is 9.97 Å². The molecule has 5 nitrogen and oxygen atoms in total. The van der Waals surface area contributed by atoms with Crippen LogP contribution in [0.3, 0.4) is 0 Å². The zero-order valence-electron chi connectivity index (χ0n) is 14.5. The molecule has 134 valence electrons. The lowest BCUT2D eigenvalue weighted by atomic mass is 10.2. The van der Waals surface area contributed by atoms with Gasteiger partial charge in [0.25, 0.3) is 0 Å². The van der Waals surface area contributed by atoms with Gasteiger partial charge in [-0.3, -0.25) is 4.79 Å². The zero-order valence-corrected chi connectivity index (χ0v) is 15.4. The molecule has 1 saturated heterocycles. The number of nitrogens with zero attached hydrogens (tertiary/aromatic N) is 3. The van der Waals surface area contributed by atoms with Gasteiger partial charge in [-0.1, -0.05) is 24.3 Å². The van der Waals surface area contributed by atoms with E-state index in [1.165, 1.54) is 0 Å². The molecular formula is C21H17N3O2S. The minimum atomic E-state index is -0.0287. The number of fused-ring (bicyclic) bond motifs is 2. The number of thiazole rings is 1. The molecule has 1 fully saturated rings. The van der Waals surface area contributed by atoms with Crippen LogP contribution >= 0.6 is 11.3 Å². The molecule has 0 spiro atoms. The lowest BCUT2D eigenvalue weighted by molar-refractivity contribution is -0.126. The Kier molecular flexibility index (Phi) is 3.98. The number of carbonyl (C=O) groups is 1. The normalized spacial score (nSPS) is 17.5. The minimum absolute atomic E-state index is 0.0287. The zero-order chi connectivity index (χ0) is 18.2. The summed E-state index contributed by atoms with van der Waals surface area (Å²) in [4.78, 5) is 23.8. The summed E-state index contributed by atoms with van der Waals surface area (Å²) in [5.74, 6) is 0.416. The number of aromatic nitrogens is 2. The summed E-state index contributed by atoms with van der Waals surface area (Å²) in [6.07, 6.45) is 5.14. The second kappa shape index (κ2) is 6.63. The number of rotatable bonds is 3. The van der Waals surface area contributed by atoms with Crippen molar-refractivity contribution in [2.24, 2.45) is 0 Å². The molecule has 0 aliphatic carbocycles. The van der Waals surface area contributed by atoms with Crippen molar-refractivity contribution in [3.8, 4) is 0 Å². The third-order valence-electron chi connectivity index (χ3n) is 4.81. The van der Waals surface area contributed by atoms with E-state index in [9.17, 15) is 4.79 Å². The lowest BCUT2D eigenvalue weighted by Crippen LogP contribution is -2.28. The van der Waals surface area contributed by atoms with Crippen LogP contribution < -0.4 is 0 Å². The largest absolute Gasteiger partial charge is 0.437 e. The van der Waals surface area contributed by atoms with Crippen LogP contribution in [-0.2, 0) is 4.79 Å². The predicted molar refractivity (Wildman–Crippen MR) is 106 cm³/mol. The summed E-state index contributed by atoms with van der Waals surface area (Å²) in [7, 11) is 0. The van der Waals surface area contributed by atoms with E-state index in [2.05, 4.69) is 11.1 Å². The summed E-state index contributed by atoms with van der Waals surface area (Å²) in [6, 6.07) is 15.7. The molecule has 6 heteroatoms. The highest BCUT2D eigenvalue weighted by molar-refractivity contribution is 7.18. The molecule has 0 bridgehead atoms. The Balaban J connectivity index is 1.38. The van der Waals surface area contributed by atoms with Crippen LogP contribution in [0.15, 0.2) is 59.0 Å². The van der Waals surface area contributed by atoms with E-state index < -0.39 is 0 Å². The highest BCUT2D eigenvalue weighted by Crippen LogP contribution is 2.36. The summed E-state index contributed by atoms with van der Waals surface area (Å²) in [5, 5.41) is 1.01. The van der Waals surface area contributed by atoms with E-state index in [0.29, 0.717) is 5.89 Å². The number of likely N-dealkylation sites (tertiary alicyclic amines) is 1. The first-order valence-electron chi connectivity index (χ1n) is 8.98. The van der Waals surface area contributed by atoms with Gasteiger partial charge < -0.3 is 9.32 Å². The van der Waals surface area contributed by atoms with Crippen molar-refractivity contribution in [3.63, 3.8) is 0 Å². The van der Waals surface area contributed by atoms with E-state index in [1.807, 2.05) is 47.4 Å². The van der Waals surface area contributed by atoms with Crippen LogP contribution in [0.2, 0.25) is 0 Å². The average Bonchev–Trinajstić information content (AvgIpc) is 3.42. The number of hydrogen-bond donors (Lipinski definition) is 0. The second-order valence-corrected chi connectivity index (χ2v) is 7.62. The molecule has 1 amide bonds. The van der Waals surface area contributed by atoms with E-state index >= 15 is 0 Å². The standard InChI is InChI=1S/C21H17N3O2S/c25-20(12-11-19-22-14-6-1-3-9-17(14)26-19)24-13-5-8-16(24)21-23-15-7-2-4-10-18(15)27-21/h1-4,6-7,9-12,16H,5,8,13H2/b12-11+/t16-/m0/s1. The number of benzene rings is 2. The SMILES string of the molecule is O=C(/C=C/c1nc2ccccc2o1)N1CCC[C@H]1c1nc2ccccc2s1. The van der Waals surface area contributed by atoms with E-state index in [0.717, 1.165) is 45.7 Å². The maximum absolute atomic E-state index is 12.8. The number of oxazole rings is 1. The maximum Gasteiger partial charge on any atom is 0.247 e. The Morgan fingerprint density at radius 3 is 2.78 bits per heavy atom. The van der Waals surface area contributed by atoms with Crippen molar-refractivity contribution >= 4 is 44.6 Å². The van der Waals surface area contributed by atoms with Crippen LogP contribution in [0.1, 0.15) is 29.8 Å². The average molecular weight is 375 g/mol. The molecule has 5 rings (SSSR count). The molecule has 2 aromatic heterocycles. The molecule has 4 aromatic rings. The Bertz CT molecular complexity index is 1090. The molecule has 0 radical (unpaired) electrons. The Hall–Kier alpha value is -2.99. The molecule has 0 unspecified atom stereocenters. The molecule has 0 saturated carbocycles. The van der Waals surface area contributed by atoms with Crippen molar-refractivity contribution in [1.82, 2.24) is 14.9 Å².